The Bertz CT molecular complexity index is 390. The van der Waals surface area contributed by atoms with Crippen LogP contribution in [0.5, 0.6) is 0 Å². The third-order valence-electron chi connectivity index (χ3n) is 4.22. The summed E-state index contributed by atoms with van der Waals surface area (Å²) in [6, 6.07) is 0.648. The fourth-order valence-corrected chi connectivity index (χ4v) is 3.96. The lowest BCUT2D eigenvalue weighted by molar-refractivity contribution is 0.181. The number of thiazole rings is 1. The SMILES string of the molecule is CNCc1sc(N(C)C2CCC(C)CC2)nc1COC. The number of anilines is 1. The van der Waals surface area contributed by atoms with Crippen molar-refractivity contribution in [1.82, 2.24) is 10.3 Å². The quantitative estimate of drug-likeness (QED) is 0.876. The third-order valence-corrected chi connectivity index (χ3v) is 5.41. The number of methoxy groups -OCH3 is 1. The molecule has 4 nitrogen and oxygen atoms in total. The molecule has 1 aliphatic carbocycles. The van der Waals surface area contributed by atoms with E-state index in [2.05, 4.69) is 24.2 Å². The highest BCUT2D eigenvalue weighted by atomic mass is 32.1. The van der Waals surface area contributed by atoms with Crippen molar-refractivity contribution in [3.05, 3.63) is 10.6 Å². The molecule has 0 aliphatic heterocycles. The van der Waals surface area contributed by atoms with Crippen molar-refractivity contribution in [2.24, 2.45) is 5.92 Å². The molecule has 5 heteroatoms. The van der Waals surface area contributed by atoms with Crippen LogP contribution in [0.2, 0.25) is 0 Å². The van der Waals surface area contributed by atoms with Crippen LogP contribution in [0, 0.1) is 5.92 Å². The lowest BCUT2D eigenvalue weighted by Gasteiger charge is -2.33. The molecule has 1 aliphatic rings. The number of hydrogen-bond acceptors (Lipinski definition) is 5. The first-order valence-corrected chi connectivity index (χ1v) is 8.32. The summed E-state index contributed by atoms with van der Waals surface area (Å²) in [5.41, 5.74) is 1.08. The molecule has 0 unspecified atom stereocenters. The minimum Gasteiger partial charge on any atom is -0.378 e. The number of nitrogens with one attached hydrogen (secondary N) is 1. The molecule has 0 atom stereocenters. The lowest BCUT2D eigenvalue weighted by Crippen LogP contribution is -2.34. The molecule has 1 N–H and O–H groups in total. The zero-order chi connectivity index (χ0) is 14.5. The van der Waals surface area contributed by atoms with Gasteiger partial charge in [-0.15, -0.1) is 11.3 Å². The van der Waals surface area contributed by atoms with Crippen molar-refractivity contribution in [3.63, 3.8) is 0 Å². The Morgan fingerprint density at radius 2 is 2.05 bits per heavy atom. The van der Waals surface area contributed by atoms with Crippen LogP contribution in [0.1, 0.15) is 43.2 Å². The predicted molar refractivity (Wildman–Crippen MR) is 85.4 cm³/mol. The monoisotopic (exact) mass is 297 g/mol. The molecule has 2 rings (SSSR count). The molecule has 1 fully saturated rings. The van der Waals surface area contributed by atoms with Gasteiger partial charge in [-0.3, -0.25) is 0 Å². The van der Waals surface area contributed by atoms with Gasteiger partial charge in [0.1, 0.15) is 0 Å². The van der Waals surface area contributed by atoms with Crippen LogP contribution in [0.15, 0.2) is 0 Å². The van der Waals surface area contributed by atoms with Crippen LogP contribution in [-0.2, 0) is 17.9 Å². The van der Waals surface area contributed by atoms with E-state index in [1.54, 1.807) is 18.4 Å². The van der Waals surface area contributed by atoms with E-state index in [-0.39, 0.29) is 0 Å². The van der Waals surface area contributed by atoms with Crippen LogP contribution < -0.4 is 10.2 Å². The number of ether oxygens (including phenoxy) is 1. The standard InChI is InChI=1S/C15H27N3OS/c1-11-5-7-12(8-6-11)18(3)15-17-13(10-19-4)14(20-15)9-16-2/h11-12,16H,5-10H2,1-4H3. The smallest absolute Gasteiger partial charge is 0.185 e. The molecule has 0 aromatic carbocycles. The fourth-order valence-electron chi connectivity index (χ4n) is 2.85. The van der Waals surface area contributed by atoms with E-state index in [4.69, 9.17) is 9.72 Å². The Morgan fingerprint density at radius 1 is 1.35 bits per heavy atom. The van der Waals surface area contributed by atoms with Gasteiger partial charge in [-0.25, -0.2) is 4.98 Å². The van der Waals surface area contributed by atoms with Crippen LogP contribution in [-0.4, -0.2) is 32.2 Å². The molecule has 1 aromatic rings. The Balaban J connectivity index is 2.08. The summed E-state index contributed by atoms with van der Waals surface area (Å²) in [6.07, 6.45) is 5.26. The molecule has 114 valence electrons. The van der Waals surface area contributed by atoms with Gasteiger partial charge in [0.15, 0.2) is 5.13 Å². The highest BCUT2D eigenvalue weighted by molar-refractivity contribution is 7.15. The van der Waals surface area contributed by atoms with Crippen LogP contribution in [0.3, 0.4) is 0 Å². The van der Waals surface area contributed by atoms with E-state index in [1.165, 1.54) is 30.6 Å². The minimum absolute atomic E-state index is 0.600. The molecule has 1 saturated carbocycles. The fraction of sp³-hybridized carbons (Fsp3) is 0.800. The Kier molecular flexibility index (Phi) is 5.81. The van der Waals surface area contributed by atoms with E-state index in [0.717, 1.165) is 23.3 Å². The molecule has 20 heavy (non-hydrogen) atoms. The average Bonchev–Trinajstić information content (AvgIpc) is 2.83. The van der Waals surface area contributed by atoms with Gasteiger partial charge >= 0.3 is 0 Å². The summed E-state index contributed by atoms with van der Waals surface area (Å²) in [7, 11) is 5.90. The maximum atomic E-state index is 5.27. The lowest BCUT2D eigenvalue weighted by atomic mass is 9.87. The molecule has 1 aromatic heterocycles. The number of aromatic nitrogens is 1. The van der Waals surface area contributed by atoms with Crippen molar-refractivity contribution in [1.29, 1.82) is 0 Å². The maximum absolute atomic E-state index is 5.27. The maximum Gasteiger partial charge on any atom is 0.185 e. The van der Waals surface area contributed by atoms with Crippen molar-refractivity contribution < 1.29 is 4.74 Å². The first kappa shape index (κ1) is 15.7. The summed E-state index contributed by atoms with van der Waals surface area (Å²) < 4.78 is 5.27. The second-order valence-electron chi connectivity index (χ2n) is 5.85. The summed E-state index contributed by atoms with van der Waals surface area (Å²) in [5.74, 6) is 0.889. The van der Waals surface area contributed by atoms with Crippen molar-refractivity contribution >= 4 is 16.5 Å². The number of nitrogens with zero attached hydrogens (tertiary/aromatic N) is 2. The van der Waals surface area contributed by atoms with E-state index in [9.17, 15) is 0 Å². The zero-order valence-electron chi connectivity index (χ0n) is 13.1. The molecule has 0 bridgehead atoms. The summed E-state index contributed by atoms with van der Waals surface area (Å²) in [4.78, 5) is 8.47. The minimum atomic E-state index is 0.600. The molecule has 0 amide bonds. The molecule has 0 radical (unpaired) electrons. The van der Waals surface area contributed by atoms with Gasteiger partial charge < -0.3 is 15.0 Å². The third kappa shape index (κ3) is 3.71. The van der Waals surface area contributed by atoms with Gasteiger partial charge in [-0.1, -0.05) is 6.92 Å². The average molecular weight is 297 g/mol. The van der Waals surface area contributed by atoms with Crippen LogP contribution in [0.25, 0.3) is 0 Å². The van der Waals surface area contributed by atoms with E-state index < -0.39 is 0 Å². The molecular weight excluding hydrogens is 270 g/mol. The molecule has 0 spiro atoms. The van der Waals surface area contributed by atoms with Gasteiger partial charge in [-0.05, 0) is 38.6 Å². The topological polar surface area (TPSA) is 37.4 Å². The Morgan fingerprint density at radius 3 is 2.65 bits per heavy atom. The first-order chi connectivity index (χ1) is 9.65. The molecular formula is C15H27N3OS. The Labute approximate surface area is 126 Å². The summed E-state index contributed by atoms with van der Waals surface area (Å²) >= 11 is 1.80. The van der Waals surface area contributed by atoms with Crippen molar-refractivity contribution in [3.8, 4) is 0 Å². The van der Waals surface area contributed by atoms with Gasteiger partial charge in [0.25, 0.3) is 0 Å². The first-order valence-electron chi connectivity index (χ1n) is 7.50. The molecule has 0 saturated heterocycles. The predicted octanol–water partition coefficient (Wildman–Crippen LogP) is 3.02. The normalized spacial score (nSPS) is 23.0. The largest absolute Gasteiger partial charge is 0.378 e. The van der Waals surface area contributed by atoms with Crippen molar-refractivity contribution in [2.45, 2.75) is 51.8 Å². The summed E-state index contributed by atoms with van der Waals surface area (Å²) in [6.45, 7) is 3.83. The summed E-state index contributed by atoms with van der Waals surface area (Å²) in [5, 5.41) is 4.36. The Hall–Kier alpha value is -0.650. The highest BCUT2D eigenvalue weighted by Crippen LogP contribution is 2.32. The number of rotatable bonds is 6. The number of hydrogen-bond donors (Lipinski definition) is 1. The second-order valence-corrected chi connectivity index (χ2v) is 6.92. The van der Waals surface area contributed by atoms with Gasteiger partial charge in [0.2, 0.25) is 0 Å². The van der Waals surface area contributed by atoms with Crippen LogP contribution in [0.4, 0.5) is 5.13 Å². The van der Waals surface area contributed by atoms with Gasteiger partial charge in [0, 0.05) is 31.6 Å². The van der Waals surface area contributed by atoms with Crippen molar-refractivity contribution in [2.75, 3.05) is 26.1 Å². The second kappa shape index (κ2) is 7.38. The molecule has 1 heterocycles. The van der Waals surface area contributed by atoms with Crippen LogP contribution >= 0.6 is 11.3 Å². The van der Waals surface area contributed by atoms with Gasteiger partial charge in [-0.2, -0.15) is 0 Å². The highest BCUT2D eigenvalue weighted by Gasteiger charge is 2.24. The van der Waals surface area contributed by atoms with Gasteiger partial charge in [0.05, 0.1) is 12.3 Å². The van der Waals surface area contributed by atoms with E-state index in [0.29, 0.717) is 12.6 Å². The van der Waals surface area contributed by atoms with E-state index >= 15 is 0 Å². The van der Waals surface area contributed by atoms with E-state index in [1.807, 2.05) is 7.05 Å². The zero-order valence-corrected chi connectivity index (χ0v) is 13.9.